The number of rotatable bonds is 6. The van der Waals surface area contributed by atoms with E-state index in [2.05, 4.69) is 39.7 Å². The molecular formula is C26H28N6O3. The Morgan fingerprint density at radius 2 is 1.89 bits per heavy atom. The van der Waals surface area contributed by atoms with Gasteiger partial charge in [-0.25, -0.2) is 0 Å². The first-order valence-electron chi connectivity index (χ1n) is 12.3. The number of amides is 3. The molecule has 0 radical (unpaired) electrons. The largest absolute Gasteiger partial charge is 0.364 e. The Morgan fingerprint density at radius 1 is 1.06 bits per heavy atom. The van der Waals surface area contributed by atoms with Crippen LogP contribution in [-0.2, 0) is 16.1 Å². The molecule has 3 heterocycles. The Bertz CT molecular complexity index is 1300. The summed E-state index contributed by atoms with van der Waals surface area (Å²) in [5, 5.41) is 8.08. The highest BCUT2D eigenvalue weighted by Gasteiger charge is 2.56. The van der Waals surface area contributed by atoms with Crippen LogP contribution in [0.4, 0.5) is 0 Å². The highest BCUT2D eigenvalue weighted by atomic mass is 16.2. The Balaban J connectivity index is 1.15. The van der Waals surface area contributed by atoms with E-state index in [1.165, 1.54) is 10.2 Å². The molecule has 35 heavy (non-hydrogen) atoms. The van der Waals surface area contributed by atoms with Gasteiger partial charge in [0.05, 0.1) is 11.7 Å². The lowest BCUT2D eigenvalue weighted by Crippen LogP contribution is -2.50. The van der Waals surface area contributed by atoms with E-state index >= 15 is 0 Å². The average molecular weight is 473 g/mol. The zero-order chi connectivity index (χ0) is 24.1. The SMILES string of the molecule is NC(=O)c1nn(CC(=O)N2[C@@H]3C[C@@H]3C[C@H]2C(=O)N[C@@H]2CC[C@H](c3ccccc3)C2)c2cnccc12. The van der Waals surface area contributed by atoms with Crippen molar-refractivity contribution in [3.8, 4) is 0 Å². The third-order valence-corrected chi connectivity index (χ3v) is 7.82. The third kappa shape index (κ3) is 3.94. The summed E-state index contributed by atoms with van der Waals surface area (Å²) in [6.45, 7) is -0.0675. The molecule has 2 aliphatic carbocycles. The summed E-state index contributed by atoms with van der Waals surface area (Å²) in [4.78, 5) is 44.4. The van der Waals surface area contributed by atoms with Crippen LogP contribution in [0.2, 0.25) is 0 Å². The first-order chi connectivity index (χ1) is 17.0. The van der Waals surface area contributed by atoms with Crippen molar-refractivity contribution in [1.82, 2.24) is 25.0 Å². The standard InChI is InChI=1S/C26H28N6O3/c27-25(34)24-19-8-9-28-13-22(19)31(30-24)14-23(33)32-20-11-17(20)12-21(32)26(35)29-18-7-6-16(10-18)15-4-2-1-3-5-15/h1-5,8-9,13,16-18,20-21H,6-7,10-12,14H2,(H2,27,34)(H,29,35)/t16-,17+,18+,20+,21-/m0/s1. The number of carbonyl (C=O) groups excluding carboxylic acids is 3. The second kappa shape index (κ2) is 8.48. The molecule has 1 aliphatic heterocycles. The van der Waals surface area contributed by atoms with Crippen LogP contribution >= 0.6 is 0 Å². The number of fused-ring (bicyclic) bond motifs is 2. The van der Waals surface area contributed by atoms with Gasteiger partial charge < -0.3 is 16.0 Å². The van der Waals surface area contributed by atoms with Crippen LogP contribution in [0.25, 0.3) is 10.9 Å². The van der Waals surface area contributed by atoms with E-state index in [0.717, 1.165) is 25.7 Å². The van der Waals surface area contributed by atoms with Gasteiger partial charge in [-0.3, -0.25) is 24.0 Å². The number of hydrogen-bond acceptors (Lipinski definition) is 5. The summed E-state index contributed by atoms with van der Waals surface area (Å²) >= 11 is 0. The fourth-order valence-electron chi connectivity index (χ4n) is 6.02. The van der Waals surface area contributed by atoms with Crippen molar-refractivity contribution in [3.05, 3.63) is 60.0 Å². The number of likely N-dealkylation sites (tertiary alicyclic amines) is 1. The normalized spacial score (nSPS) is 27.1. The first-order valence-corrected chi connectivity index (χ1v) is 12.3. The van der Waals surface area contributed by atoms with Gasteiger partial charge in [0, 0.05) is 23.7 Å². The smallest absolute Gasteiger partial charge is 0.269 e. The predicted molar refractivity (Wildman–Crippen MR) is 128 cm³/mol. The van der Waals surface area contributed by atoms with E-state index in [1.54, 1.807) is 23.4 Å². The number of carbonyl (C=O) groups is 3. The van der Waals surface area contributed by atoms with Gasteiger partial charge in [-0.2, -0.15) is 5.10 Å². The lowest BCUT2D eigenvalue weighted by Gasteiger charge is -2.28. The van der Waals surface area contributed by atoms with E-state index in [0.29, 0.717) is 29.2 Å². The van der Waals surface area contributed by atoms with Crippen LogP contribution in [0.15, 0.2) is 48.8 Å². The maximum absolute atomic E-state index is 13.4. The van der Waals surface area contributed by atoms with Gasteiger partial charge in [0.1, 0.15) is 12.6 Å². The molecule has 9 heteroatoms. The molecule has 3 N–H and O–H groups in total. The van der Waals surface area contributed by atoms with E-state index in [4.69, 9.17) is 5.73 Å². The second-order valence-corrected chi connectivity index (χ2v) is 10.0. The maximum Gasteiger partial charge on any atom is 0.269 e. The van der Waals surface area contributed by atoms with Crippen molar-refractivity contribution in [2.45, 2.75) is 62.7 Å². The van der Waals surface area contributed by atoms with Crippen LogP contribution < -0.4 is 11.1 Å². The molecule has 5 atom stereocenters. The van der Waals surface area contributed by atoms with E-state index in [1.807, 2.05) is 6.07 Å². The van der Waals surface area contributed by atoms with Gasteiger partial charge in [-0.1, -0.05) is 30.3 Å². The van der Waals surface area contributed by atoms with E-state index < -0.39 is 11.9 Å². The fourth-order valence-corrected chi connectivity index (χ4v) is 6.02. The quantitative estimate of drug-likeness (QED) is 0.568. The first kappa shape index (κ1) is 21.8. The number of benzene rings is 1. The molecule has 0 bridgehead atoms. The molecule has 3 amide bonds. The third-order valence-electron chi connectivity index (χ3n) is 7.82. The number of aromatic nitrogens is 3. The van der Waals surface area contributed by atoms with Gasteiger partial charge in [0.15, 0.2) is 5.69 Å². The number of nitrogens with two attached hydrogens (primary N) is 1. The van der Waals surface area contributed by atoms with Gasteiger partial charge >= 0.3 is 0 Å². The summed E-state index contributed by atoms with van der Waals surface area (Å²) in [5.41, 5.74) is 7.48. The number of hydrogen-bond donors (Lipinski definition) is 2. The van der Waals surface area contributed by atoms with E-state index in [-0.39, 0.29) is 36.1 Å². The molecule has 3 aromatic rings. The lowest BCUT2D eigenvalue weighted by atomic mass is 9.97. The molecule has 2 saturated carbocycles. The van der Waals surface area contributed by atoms with Gasteiger partial charge in [-0.15, -0.1) is 0 Å². The lowest BCUT2D eigenvalue weighted by molar-refractivity contribution is -0.140. The van der Waals surface area contributed by atoms with Gasteiger partial charge in [0.25, 0.3) is 5.91 Å². The Hall–Kier alpha value is -3.75. The van der Waals surface area contributed by atoms with Crippen molar-refractivity contribution in [2.24, 2.45) is 11.7 Å². The minimum Gasteiger partial charge on any atom is -0.364 e. The molecule has 1 aromatic carbocycles. The number of nitrogens with zero attached hydrogens (tertiary/aromatic N) is 4. The summed E-state index contributed by atoms with van der Waals surface area (Å²) < 4.78 is 1.47. The molecule has 6 rings (SSSR count). The summed E-state index contributed by atoms with van der Waals surface area (Å²) in [6.07, 6.45) is 7.68. The summed E-state index contributed by atoms with van der Waals surface area (Å²) in [7, 11) is 0. The zero-order valence-electron chi connectivity index (χ0n) is 19.3. The molecule has 2 aromatic heterocycles. The van der Waals surface area contributed by atoms with Crippen LogP contribution in [-0.4, -0.2) is 55.5 Å². The van der Waals surface area contributed by atoms with Crippen LogP contribution in [0.5, 0.6) is 0 Å². The molecule has 180 valence electrons. The Kier molecular flexibility index (Phi) is 5.27. The number of primary amides is 1. The minimum atomic E-state index is -0.654. The van der Waals surface area contributed by atoms with Crippen molar-refractivity contribution in [1.29, 1.82) is 0 Å². The topological polar surface area (TPSA) is 123 Å². The minimum absolute atomic E-state index is 0.0610. The monoisotopic (exact) mass is 472 g/mol. The van der Waals surface area contributed by atoms with Gasteiger partial charge in [0.2, 0.25) is 11.8 Å². The highest BCUT2D eigenvalue weighted by Crippen LogP contribution is 2.48. The molecule has 9 nitrogen and oxygen atoms in total. The van der Waals surface area contributed by atoms with Crippen LogP contribution in [0, 0.1) is 5.92 Å². The van der Waals surface area contributed by atoms with Crippen LogP contribution in [0.1, 0.15) is 54.1 Å². The average Bonchev–Trinajstić information content (AvgIpc) is 3.20. The maximum atomic E-state index is 13.4. The number of nitrogens with one attached hydrogen (secondary N) is 1. The zero-order valence-corrected chi connectivity index (χ0v) is 19.3. The molecule has 0 unspecified atom stereocenters. The van der Waals surface area contributed by atoms with Crippen molar-refractivity contribution in [2.75, 3.05) is 0 Å². The van der Waals surface area contributed by atoms with Gasteiger partial charge in [-0.05, 0) is 55.6 Å². The fraction of sp³-hybridized carbons (Fsp3) is 0.423. The second-order valence-electron chi connectivity index (χ2n) is 10.0. The highest BCUT2D eigenvalue weighted by molar-refractivity contribution is 6.04. The number of piperidine rings is 1. The Labute approximate surface area is 202 Å². The molecule has 1 saturated heterocycles. The van der Waals surface area contributed by atoms with Crippen molar-refractivity contribution in [3.63, 3.8) is 0 Å². The molecule has 3 aliphatic rings. The van der Waals surface area contributed by atoms with Crippen LogP contribution in [0.3, 0.4) is 0 Å². The van der Waals surface area contributed by atoms with Crippen molar-refractivity contribution < 1.29 is 14.4 Å². The van der Waals surface area contributed by atoms with Crippen molar-refractivity contribution >= 4 is 28.6 Å². The van der Waals surface area contributed by atoms with E-state index in [9.17, 15) is 14.4 Å². The number of pyridine rings is 1. The molecular weight excluding hydrogens is 444 g/mol. The molecule has 3 fully saturated rings. The summed E-state index contributed by atoms with van der Waals surface area (Å²) in [6, 6.07) is 11.9. The predicted octanol–water partition coefficient (Wildman–Crippen LogP) is 1.97. The Morgan fingerprint density at radius 3 is 2.69 bits per heavy atom. The molecule has 0 spiro atoms. The summed E-state index contributed by atoms with van der Waals surface area (Å²) in [5.74, 6) is -0.0505.